The third-order valence-electron chi connectivity index (χ3n) is 3.65. The second-order valence-electron chi connectivity index (χ2n) is 5.96. The molecule has 0 saturated carbocycles. The summed E-state index contributed by atoms with van der Waals surface area (Å²) < 4.78 is 120. The van der Waals surface area contributed by atoms with Crippen LogP contribution < -0.4 is 15.4 Å². The summed E-state index contributed by atoms with van der Waals surface area (Å²) in [5.41, 5.74) is -1.69. The van der Waals surface area contributed by atoms with Crippen LogP contribution in [0.5, 0.6) is 5.75 Å². The van der Waals surface area contributed by atoms with E-state index in [-0.39, 0.29) is 6.07 Å². The first-order valence-corrected chi connectivity index (χ1v) is 8.80. The predicted molar refractivity (Wildman–Crippen MR) is 95.9 cm³/mol. The Morgan fingerprint density at radius 3 is 1.94 bits per heavy atom. The van der Waals surface area contributed by atoms with Crippen molar-refractivity contribution in [3.63, 3.8) is 0 Å². The van der Waals surface area contributed by atoms with Crippen molar-refractivity contribution in [2.75, 3.05) is 5.32 Å². The van der Waals surface area contributed by atoms with Crippen LogP contribution >= 0.6 is 23.2 Å². The van der Waals surface area contributed by atoms with E-state index >= 15 is 0 Å². The van der Waals surface area contributed by atoms with E-state index in [1.807, 2.05) is 5.32 Å². The number of halogens is 11. The van der Waals surface area contributed by atoms with Crippen LogP contribution in [0.25, 0.3) is 0 Å². The topological polar surface area (TPSA) is 67.4 Å². The number of ether oxygens (including phenoxy) is 1. The molecule has 33 heavy (non-hydrogen) atoms. The van der Waals surface area contributed by atoms with Gasteiger partial charge < -0.3 is 10.1 Å². The molecule has 0 spiro atoms. The summed E-state index contributed by atoms with van der Waals surface area (Å²) in [5.74, 6) is -12.2. The smallest absolute Gasteiger partial charge is 0.426 e. The molecule has 2 rings (SSSR count). The van der Waals surface area contributed by atoms with E-state index in [0.717, 1.165) is 18.2 Å². The summed E-state index contributed by atoms with van der Waals surface area (Å²) in [6, 6.07) is 1.73. The van der Waals surface area contributed by atoms with Gasteiger partial charge in [0.2, 0.25) is 0 Å². The normalized spacial score (nSPS) is 12.3. The van der Waals surface area contributed by atoms with Crippen molar-refractivity contribution >= 4 is 40.8 Å². The maximum absolute atomic E-state index is 13.6. The van der Waals surface area contributed by atoms with Crippen molar-refractivity contribution in [2.24, 2.45) is 0 Å². The Bertz CT molecular complexity index is 1070. The Labute approximate surface area is 187 Å². The lowest BCUT2D eigenvalue weighted by Gasteiger charge is -2.28. The van der Waals surface area contributed by atoms with Crippen LogP contribution in [0.1, 0.15) is 10.4 Å². The third kappa shape index (κ3) is 5.55. The maximum Gasteiger partial charge on any atom is 0.474 e. The Balaban J connectivity index is 2.20. The lowest BCUT2D eigenvalue weighted by molar-refractivity contribution is -0.402. The van der Waals surface area contributed by atoms with Crippen LogP contribution in [0, 0.1) is 11.6 Å². The molecule has 0 aromatic heterocycles. The minimum atomic E-state index is -6.67. The molecule has 0 unspecified atom stereocenters. The van der Waals surface area contributed by atoms with E-state index in [2.05, 4.69) is 4.74 Å². The average Bonchev–Trinajstić information content (AvgIpc) is 2.64. The number of benzene rings is 2. The molecule has 2 aromatic rings. The van der Waals surface area contributed by atoms with Gasteiger partial charge >= 0.3 is 24.2 Å². The van der Waals surface area contributed by atoms with Crippen molar-refractivity contribution in [3.8, 4) is 5.75 Å². The van der Waals surface area contributed by atoms with Gasteiger partial charge in [0, 0.05) is 6.07 Å². The SMILES string of the molecule is O=C(NC(=O)c1c(F)cccc1F)Nc1cc(Cl)c(OC(F)(F)C(F)(F)C(F)(F)F)cc1Cl. The Hall–Kier alpha value is -2.87. The first-order chi connectivity index (χ1) is 15.0. The van der Waals surface area contributed by atoms with E-state index in [4.69, 9.17) is 23.2 Å². The molecule has 2 N–H and O–H groups in total. The van der Waals surface area contributed by atoms with Crippen LogP contribution in [-0.4, -0.2) is 30.1 Å². The summed E-state index contributed by atoms with van der Waals surface area (Å²) in [4.78, 5) is 23.7. The van der Waals surface area contributed by atoms with Crippen LogP contribution in [0.3, 0.4) is 0 Å². The summed E-state index contributed by atoms with van der Waals surface area (Å²) in [6.45, 7) is 0. The number of carbonyl (C=O) groups is 2. The van der Waals surface area contributed by atoms with Crippen LogP contribution in [0.4, 0.5) is 50.0 Å². The third-order valence-corrected chi connectivity index (χ3v) is 4.25. The first kappa shape index (κ1) is 26.4. The molecule has 2 aromatic carbocycles. The second kappa shape index (κ2) is 9.17. The van der Waals surface area contributed by atoms with E-state index in [9.17, 15) is 49.1 Å². The Morgan fingerprint density at radius 2 is 1.42 bits per heavy atom. The number of carbonyl (C=O) groups excluding carboxylic acids is 2. The zero-order valence-electron chi connectivity index (χ0n) is 15.3. The summed E-state index contributed by atoms with van der Waals surface area (Å²) in [7, 11) is 0. The number of imide groups is 1. The van der Waals surface area contributed by atoms with Gasteiger partial charge in [-0.3, -0.25) is 10.1 Å². The zero-order valence-corrected chi connectivity index (χ0v) is 16.8. The molecule has 0 aliphatic rings. The molecule has 0 aliphatic heterocycles. The van der Waals surface area contributed by atoms with Crippen LogP contribution in [0.15, 0.2) is 30.3 Å². The Kier molecular flexibility index (Phi) is 7.33. The molecule has 0 fully saturated rings. The van der Waals surface area contributed by atoms with Crippen molar-refractivity contribution in [2.45, 2.75) is 18.2 Å². The van der Waals surface area contributed by atoms with Gasteiger partial charge in [-0.25, -0.2) is 13.6 Å². The van der Waals surface area contributed by atoms with E-state index < -0.39 is 68.8 Å². The number of rotatable bonds is 5. The summed E-state index contributed by atoms with van der Waals surface area (Å²) in [5, 5.41) is 1.58. The predicted octanol–water partition coefficient (Wildman–Crippen LogP) is 6.40. The molecule has 0 aliphatic carbocycles. The molecule has 0 bridgehead atoms. The van der Waals surface area contributed by atoms with Gasteiger partial charge in [0.25, 0.3) is 5.91 Å². The first-order valence-electron chi connectivity index (χ1n) is 8.04. The number of hydrogen-bond donors (Lipinski definition) is 2. The van der Waals surface area contributed by atoms with E-state index in [1.54, 1.807) is 0 Å². The van der Waals surface area contributed by atoms with Crippen LogP contribution in [0.2, 0.25) is 10.0 Å². The molecular weight excluding hydrogens is 522 g/mol. The largest absolute Gasteiger partial charge is 0.474 e. The van der Waals surface area contributed by atoms with Crippen molar-refractivity contribution < 1.29 is 53.8 Å². The number of alkyl halides is 7. The minimum Gasteiger partial charge on any atom is -0.426 e. The highest BCUT2D eigenvalue weighted by Crippen LogP contribution is 2.48. The Morgan fingerprint density at radius 1 is 0.879 bits per heavy atom. The molecule has 0 radical (unpaired) electrons. The van der Waals surface area contributed by atoms with E-state index in [0.29, 0.717) is 6.07 Å². The van der Waals surface area contributed by atoms with Crippen molar-refractivity contribution in [1.82, 2.24) is 5.32 Å². The average molecular weight is 529 g/mol. The number of nitrogens with one attached hydrogen (secondary N) is 2. The lowest BCUT2D eigenvalue weighted by Crippen LogP contribution is -2.55. The van der Waals surface area contributed by atoms with Crippen molar-refractivity contribution in [3.05, 3.63) is 57.6 Å². The van der Waals surface area contributed by atoms with Gasteiger partial charge in [-0.2, -0.15) is 30.7 Å². The molecule has 0 saturated heterocycles. The fourth-order valence-electron chi connectivity index (χ4n) is 2.10. The van der Waals surface area contributed by atoms with Gasteiger partial charge in [0.1, 0.15) is 22.9 Å². The molecule has 180 valence electrons. The monoisotopic (exact) mass is 528 g/mol. The number of hydrogen-bond acceptors (Lipinski definition) is 3. The highest BCUT2D eigenvalue weighted by Gasteiger charge is 2.75. The molecule has 3 amide bonds. The lowest BCUT2D eigenvalue weighted by atomic mass is 10.2. The quantitative estimate of drug-likeness (QED) is 0.441. The van der Waals surface area contributed by atoms with Crippen LogP contribution in [-0.2, 0) is 0 Å². The number of amides is 3. The van der Waals surface area contributed by atoms with Crippen molar-refractivity contribution in [1.29, 1.82) is 0 Å². The number of urea groups is 1. The molecule has 0 atom stereocenters. The highest BCUT2D eigenvalue weighted by atomic mass is 35.5. The fraction of sp³-hybridized carbons (Fsp3) is 0.176. The molecular formula is C17H7Cl2F9N2O3. The van der Waals surface area contributed by atoms with Gasteiger partial charge in [0.15, 0.2) is 0 Å². The van der Waals surface area contributed by atoms with Gasteiger partial charge in [0.05, 0.1) is 15.7 Å². The maximum atomic E-state index is 13.6. The van der Waals surface area contributed by atoms with Gasteiger partial charge in [-0.05, 0) is 18.2 Å². The fourth-order valence-corrected chi connectivity index (χ4v) is 2.51. The highest BCUT2D eigenvalue weighted by molar-refractivity contribution is 6.36. The summed E-state index contributed by atoms with van der Waals surface area (Å²) in [6.07, 6.45) is -12.8. The second-order valence-corrected chi connectivity index (χ2v) is 6.77. The molecule has 0 heterocycles. The molecule has 16 heteroatoms. The van der Waals surface area contributed by atoms with Gasteiger partial charge in [-0.15, -0.1) is 0 Å². The van der Waals surface area contributed by atoms with Gasteiger partial charge in [-0.1, -0.05) is 29.3 Å². The minimum absolute atomic E-state index is 0.276. The zero-order chi connectivity index (χ0) is 25.4. The molecule has 5 nitrogen and oxygen atoms in total. The summed E-state index contributed by atoms with van der Waals surface area (Å²) >= 11 is 11.2. The number of anilines is 1. The van der Waals surface area contributed by atoms with E-state index in [1.165, 1.54) is 5.32 Å². The standard InChI is InChI=1S/C17H7Cl2F9N2O3/c18-6-5-11(33-17(27,28)15(22,23)16(24,25)26)7(19)4-10(6)29-14(32)30-13(31)12-8(20)2-1-3-9(12)21/h1-5H,(H2,29,30,31,32).